The lowest BCUT2D eigenvalue weighted by Gasteiger charge is -2.27. The van der Waals surface area contributed by atoms with E-state index in [-0.39, 0.29) is 11.0 Å². The van der Waals surface area contributed by atoms with E-state index in [1.54, 1.807) is 6.92 Å². The monoisotopic (exact) mass is 411 g/mol. The van der Waals surface area contributed by atoms with Crippen molar-refractivity contribution >= 4 is 45.4 Å². The van der Waals surface area contributed by atoms with Crippen LogP contribution in [0, 0.1) is 0 Å². The molecule has 1 aromatic rings. The number of esters is 1. The van der Waals surface area contributed by atoms with E-state index < -0.39 is 5.91 Å². The Kier molecular flexibility index (Phi) is 7.17. The summed E-state index contributed by atoms with van der Waals surface area (Å²) in [6, 6.07) is 0. The Balaban J connectivity index is 1.75. The number of thiophene rings is 1. The third-order valence-corrected chi connectivity index (χ3v) is 6.09. The topological polar surface area (TPSA) is 79.9 Å². The van der Waals surface area contributed by atoms with E-state index in [4.69, 9.17) is 21.7 Å². The molecule has 0 bridgehead atoms. The van der Waals surface area contributed by atoms with Crippen molar-refractivity contribution in [2.24, 2.45) is 0 Å². The maximum absolute atomic E-state index is 12.6. The van der Waals surface area contributed by atoms with Crippen molar-refractivity contribution < 1.29 is 19.1 Å². The normalized spacial score (nSPS) is 17.5. The molecule has 3 rings (SSSR count). The number of nitrogens with zero attached hydrogens (tertiary/aromatic N) is 1. The maximum atomic E-state index is 12.6. The van der Waals surface area contributed by atoms with Crippen LogP contribution in [-0.2, 0) is 27.1 Å². The van der Waals surface area contributed by atoms with E-state index in [1.807, 2.05) is 5.01 Å². The van der Waals surface area contributed by atoms with E-state index in [2.05, 4.69) is 10.7 Å². The lowest BCUT2D eigenvalue weighted by molar-refractivity contribution is -0.110. The number of aryl methyl sites for hydroxylation is 1. The summed E-state index contributed by atoms with van der Waals surface area (Å²) in [7, 11) is 0. The molecule has 1 aromatic heterocycles. The molecule has 2 N–H and O–H groups in total. The third-order valence-electron chi connectivity index (χ3n) is 4.60. The number of amides is 1. The van der Waals surface area contributed by atoms with E-state index in [1.165, 1.54) is 11.3 Å². The summed E-state index contributed by atoms with van der Waals surface area (Å²) in [6.07, 6.45) is 5.06. The van der Waals surface area contributed by atoms with Gasteiger partial charge in [-0.1, -0.05) is 18.6 Å². The summed E-state index contributed by atoms with van der Waals surface area (Å²) in [5.41, 5.74) is 4.47. The van der Waals surface area contributed by atoms with Crippen molar-refractivity contribution in [2.45, 2.75) is 39.0 Å². The number of nitrogens with one attached hydrogen (secondary N) is 2. The first-order valence-electron chi connectivity index (χ1n) is 9.36. The first kappa shape index (κ1) is 20.2. The lowest BCUT2D eigenvalue weighted by Crippen LogP contribution is -2.50. The molecule has 1 fully saturated rings. The highest BCUT2D eigenvalue weighted by molar-refractivity contribution is 7.82. The zero-order chi connectivity index (χ0) is 19.2. The molecule has 0 aromatic carbocycles. The minimum Gasteiger partial charge on any atom is -0.462 e. The van der Waals surface area contributed by atoms with Gasteiger partial charge in [0.2, 0.25) is 0 Å². The third kappa shape index (κ3) is 5.04. The van der Waals surface area contributed by atoms with E-state index in [0.717, 1.165) is 42.5 Å². The van der Waals surface area contributed by atoms with E-state index >= 15 is 0 Å². The number of hydrogen-bond donors (Lipinski definition) is 2. The molecule has 27 heavy (non-hydrogen) atoms. The quantitative estimate of drug-likeness (QED) is 0.447. The number of hydrogen-bond acceptors (Lipinski definition) is 7. The van der Waals surface area contributed by atoms with Crippen LogP contribution in [0.25, 0.3) is 0 Å². The molecule has 0 atom stereocenters. The van der Waals surface area contributed by atoms with Gasteiger partial charge in [-0.2, -0.15) is 0 Å². The number of fused-ring (bicyclic) bond motifs is 1. The first-order chi connectivity index (χ1) is 13.1. The van der Waals surface area contributed by atoms with Gasteiger partial charge in [-0.15, -0.1) is 11.3 Å². The van der Waals surface area contributed by atoms with Crippen molar-refractivity contribution in [3.8, 4) is 0 Å². The Morgan fingerprint density at radius 1 is 1.22 bits per heavy atom. The van der Waals surface area contributed by atoms with Crippen LogP contribution in [0.4, 0.5) is 5.00 Å². The minimum atomic E-state index is -0.418. The van der Waals surface area contributed by atoms with Crippen LogP contribution in [0.5, 0.6) is 0 Å². The molecule has 0 saturated carbocycles. The van der Waals surface area contributed by atoms with Gasteiger partial charge in [0, 0.05) is 18.0 Å². The smallest absolute Gasteiger partial charge is 0.341 e. The van der Waals surface area contributed by atoms with Gasteiger partial charge in [-0.3, -0.25) is 4.79 Å². The summed E-state index contributed by atoms with van der Waals surface area (Å²) in [5.74, 6) is -0.794. The number of hydrazine groups is 1. The van der Waals surface area contributed by atoms with Gasteiger partial charge in [-0.05, 0) is 38.2 Å². The molecule has 148 valence electrons. The Labute approximate surface area is 168 Å². The predicted molar refractivity (Wildman–Crippen MR) is 108 cm³/mol. The van der Waals surface area contributed by atoms with Crippen LogP contribution in [0.3, 0.4) is 0 Å². The van der Waals surface area contributed by atoms with Crippen molar-refractivity contribution in [2.75, 3.05) is 38.2 Å². The number of rotatable bonds is 4. The summed E-state index contributed by atoms with van der Waals surface area (Å²) in [4.78, 5) is 26.4. The second kappa shape index (κ2) is 9.59. The average Bonchev–Trinajstić information content (AvgIpc) is 2.83. The molecule has 2 aliphatic rings. The van der Waals surface area contributed by atoms with Gasteiger partial charge >= 0.3 is 5.97 Å². The number of anilines is 1. The van der Waals surface area contributed by atoms with Crippen molar-refractivity contribution in [1.82, 2.24) is 10.4 Å². The number of ether oxygens (including phenoxy) is 2. The lowest BCUT2D eigenvalue weighted by atomic mass is 10.1. The predicted octanol–water partition coefficient (Wildman–Crippen LogP) is 2.30. The van der Waals surface area contributed by atoms with E-state index in [9.17, 15) is 9.59 Å². The van der Waals surface area contributed by atoms with Crippen molar-refractivity contribution in [3.05, 3.63) is 16.0 Å². The SMILES string of the molecule is CCOC(=O)c1c(NC(=O)C(=S)NN2CCOCC2)sc2c1CCCCC2. The van der Waals surface area contributed by atoms with E-state index in [0.29, 0.717) is 43.5 Å². The second-order valence-corrected chi connectivity index (χ2v) is 8.00. The van der Waals surface area contributed by atoms with Gasteiger partial charge in [0.1, 0.15) is 5.00 Å². The molecular formula is C18H25N3O4S2. The number of carbonyl (C=O) groups excluding carboxylic acids is 2. The fourth-order valence-corrected chi connectivity index (χ4v) is 4.73. The highest BCUT2D eigenvalue weighted by Gasteiger charge is 2.27. The highest BCUT2D eigenvalue weighted by atomic mass is 32.1. The molecule has 0 spiro atoms. The van der Waals surface area contributed by atoms with Gasteiger partial charge in [0.05, 0.1) is 25.4 Å². The van der Waals surface area contributed by atoms with Crippen LogP contribution in [0.15, 0.2) is 0 Å². The Bertz CT molecular complexity index is 714. The molecule has 1 amide bonds. The fourth-order valence-electron chi connectivity index (χ4n) is 3.28. The van der Waals surface area contributed by atoms with Crippen LogP contribution >= 0.6 is 23.6 Å². The van der Waals surface area contributed by atoms with Crippen LogP contribution in [-0.4, -0.2) is 54.8 Å². The summed E-state index contributed by atoms with van der Waals surface area (Å²) >= 11 is 6.70. The maximum Gasteiger partial charge on any atom is 0.341 e. The van der Waals surface area contributed by atoms with Gasteiger partial charge in [-0.25, -0.2) is 9.80 Å². The molecule has 0 radical (unpaired) electrons. The summed E-state index contributed by atoms with van der Waals surface area (Å²) < 4.78 is 10.5. The van der Waals surface area contributed by atoms with Gasteiger partial charge in [0.15, 0.2) is 4.99 Å². The molecule has 2 heterocycles. The number of thiocarbonyl (C=S) groups is 1. The Morgan fingerprint density at radius 2 is 1.96 bits per heavy atom. The van der Waals surface area contributed by atoms with Gasteiger partial charge < -0.3 is 20.2 Å². The molecule has 9 heteroatoms. The number of morpholine rings is 1. The van der Waals surface area contributed by atoms with Crippen molar-refractivity contribution in [3.63, 3.8) is 0 Å². The Hall–Kier alpha value is -1.55. The molecular weight excluding hydrogens is 386 g/mol. The summed E-state index contributed by atoms with van der Waals surface area (Å²) in [6.45, 7) is 4.60. The largest absolute Gasteiger partial charge is 0.462 e. The Morgan fingerprint density at radius 3 is 2.70 bits per heavy atom. The standard InChI is InChI=1S/C18H25N3O4S2/c1-2-25-18(23)14-12-6-4-3-5-7-13(12)27-17(14)19-15(22)16(26)20-21-8-10-24-11-9-21/h2-11H2,1H3,(H,19,22)(H,20,26). The van der Waals surface area contributed by atoms with Gasteiger partial charge in [0.25, 0.3) is 5.91 Å². The average molecular weight is 412 g/mol. The molecule has 1 saturated heterocycles. The summed E-state index contributed by atoms with van der Waals surface area (Å²) in [5, 5.41) is 5.23. The second-order valence-electron chi connectivity index (χ2n) is 6.48. The minimum absolute atomic E-state index is 0.0790. The molecule has 1 aliphatic heterocycles. The molecule has 7 nitrogen and oxygen atoms in total. The van der Waals surface area contributed by atoms with Crippen LogP contribution < -0.4 is 10.7 Å². The van der Waals surface area contributed by atoms with Crippen LogP contribution in [0.1, 0.15) is 47.0 Å². The van der Waals surface area contributed by atoms with Crippen LogP contribution in [0.2, 0.25) is 0 Å². The molecule has 1 aliphatic carbocycles. The highest BCUT2D eigenvalue weighted by Crippen LogP contribution is 2.38. The fraction of sp³-hybridized carbons (Fsp3) is 0.611. The number of carbonyl (C=O) groups is 2. The molecule has 0 unspecified atom stereocenters. The van der Waals surface area contributed by atoms with Crippen molar-refractivity contribution in [1.29, 1.82) is 0 Å². The zero-order valence-corrected chi connectivity index (χ0v) is 17.1. The zero-order valence-electron chi connectivity index (χ0n) is 15.5. The first-order valence-corrected chi connectivity index (χ1v) is 10.6.